The second-order valence-electron chi connectivity index (χ2n) is 7.84. The molecule has 2 heteroatoms. The van der Waals surface area contributed by atoms with Gasteiger partial charge in [-0.15, -0.1) is 0 Å². The maximum absolute atomic E-state index is 10.6. The highest BCUT2D eigenvalue weighted by atomic mass is 16.1. The van der Waals surface area contributed by atoms with Crippen LogP contribution < -0.4 is 0 Å². The molecule has 0 rings (SSSR count). The van der Waals surface area contributed by atoms with Gasteiger partial charge in [-0.05, 0) is 19.3 Å². The summed E-state index contributed by atoms with van der Waals surface area (Å²) in [5.74, 6) is 0. The minimum absolute atomic E-state index is 0.696. The van der Waals surface area contributed by atoms with Crippen molar-refractivity contribution in [2.75, 3.05) is 20.6 Å². The Balaban J connectivity index is 3.56. The molecule has 23 heavy (non-hydrogen) atoms. The summed E-state index contributed by atoms with van der Waals surface area (Å²) in [6.07, 6.45) is 19.9. The molecule has 0 aromatic rings. The van der Waals surface area contributed by atoms with E-state index < -0.39 is 0 Å². The van der Waals surface area contributed by atoms with Crippen molar-refractivity contribution in [2.45, 2.75) is 110 Å². The number of unbranched alkanes of at least 4 members (excludes halogenated alkanes) is 10. The maximum atomic E-state index is 10.6. The second-order valence-corrected chi connectivity index (χ2v) is 7.84. The molecule has 0 saturated heterocycles. The van der Waals surface area contributed by atoms with Crippen molar-refractivity contribution in [1.29, 1.82) is 0 Å². The summed E-state index contributed by atoms with van der Waals surface area (Å²) in [6.45, 7) is 5.57. The van der Waals surface area contributed by atoms with E-state index in [4.69, 9.17) is 0 Å². The van der Waals surface area contributed by atoms with Crippen molar-refractivity contribution in [2.24, 2.45) is 0 Å². The number of aldehydes is 1. The lowest BCUT2D eigenvalue weighted by atomic mass is 10.0. The van der Waals surface area contributed by atoms with Crippen molar-refractivity contribution >= 4 is 6.29 Å². The standard InChI is InChI=1S/C21H44NO/c1-5-7-8-9-10-11-12-13-14-15-16-18-21(6-2)22(3,4)19-17-20-23/h20-21H,5-19H2,1-4H3/q+1. The smallest absolute Gasteiger partial charge is 0.125 e. The third-order valence-corrected chi connectivity index (χ3v) is 5.42. The van der Waals surface area contributed by atoms with Crippen LogP contribution in [0.2, 0.25) is 0 Å². The SMILES string of the molecule is CCCCCCCCCCCCCC(CC)[N+](C)(C)CCC=O. The van der Waals surface area contributed by atoms with Gasteiger partial charge in [0.05, 0.1) is 33.1 Å². The molecule has 138 valence electrons. The van der Waals surface area contributed by atoms with Crippen molar-refractivity contribution in [3.05, 3.63) is 0 Å². The van der Waals surface area contributed by atoms with Crippen LogP contribution in [0, 0.1) is 0 Å². The van der Waals surface area contributed by atoms with Crippen LogP contribution in [0.4, 0.5) is 0 Å². The van der Waals surface area contributed by atoms with Crippen molar-refractivity contribution < 1.29 is 9.28 Å². The Kier molecular flexibility index (Phi) is 14.9. The van der Waals surface area contributed by atoms with Crippen molar-refractivity contribution in [1.82, 2.24) is 0 Å². The third-order valence-electron chi connectivity index (χ3n) is 5.42. The number of hydrogen-bond donors (Lipinski definition) is 0. The monoisotopic (exact) mass is 326 g/mol. The second kappa shape index (κ2) is 15.2. The summed E-state index contributed by atoms with van der Waals surface area (Å²) >= 11 is 0. The zero-order valence-corrected chi connectivity index (χ0v) is 16.6. The highest BCUT2D eigenvalue weighted by Gasteiger charge is 2.25. The van der Waals surface area contributed by atoms with Gasteiger partial charge in [0.2, 0.25) is 0 Å². The van der Waals surface area contributed by atoms with Gasteiger partial charge in [-0.1, -0.05) is 78.1 Å². The van der Waals surface area contributed by atoms with Gasteiger partial charge in [-0.3, -0.25) is 0 Å². The highest BCUT2D eigenvalue weighted by molar-refractivity contribution is 5.49. The zero-order chi connectivity index (χ0) is 17.4. The predicted molar refractivity (Wildman–Crippen MR) is 103 cm³/mol. The fourth-order valence-corrected chi connectivity index (χ4v) is 3.66. The van der Waals surface area contributed by atoms with Crippen LogP contribution in [0.15, 0.2) is 0 Å². The number of nitrogens with zero attached hydrogens (tertiary/aromatic N) is 1. The predicted octanol–water partition coefficient (Wildman–Crippen LogP) is 6.13. The Bertz CT molecular complexity index is 263. The van der Waals surface area contributed by atoms with Crippen molar-refractivity contribution in [3.8, 4) is 0 Å². The first-order chi connectivity index (χ1) is 11.1. The van der Waals surface area contributed by atoms with Crippen LogP contribution >= 0.6 is 0 Å². The highest BCUT2D eigenvalue weighted by Crippen LogP contribution is 2.19. The quantitative estimate of drug-likeness (QED) is 0.178. The van der Waals surface area contributed by atoms with E-state index in [0.717, 1.165) is 17.3 Å². The van der Waals surface area contributed by atoms with Gasteiger partial charge in [-0.25, -0.2) is 0 Å². The number of carbonyl (C=O) groups is 1. The summed E-state index contributed by atoms with van der Waals surface area (Å²) in [4.78, 5) is 10.6. The first-order valence-corrected chi connectivity index (χ1v) is 10.3. The lowest BCUT2D eigenvalue weighted by Gasteiger charge is -2.37. The summed E-state index contributed by atoms with van der Waals surface area (Å²) in [5.41, 5.74) is 0. The maximum Gasteiger partial charge on any atom is 0.125 e. The van der Waals surface area contributed by atoms with E-state index in [9.17, 15) is 4.79 Å². The number of carbonyl (C=O) groups excluding carboxylic acids is 1. The van der Waals surface area contributed by atoms with Gasteiger partial charge in [-0.2, -0.15) is 0 Å². The molecule has 1 unspecified atom stereocenters. The zero-order valence-electron chi connectivity index (χ0n) is 16.6. The first kappa shape index (κ1) is 22.6. The lowest BCUT2D eigenvalue weighted by Crippen LogP contribution is -2.49. The summed E-state index contributed by atoms with van der Waals surface area (Å²) < 4.78 is 1.01. The molecule has 0 aromatic heterocycles. The Labute approximate surface area is 146 Å². The van der Waals surface area contributed by atoms with Crippen LogP contribution in [0.3, 0.4) is 0 Å². The molecule has 0 spiro atoms. The van der Waals surface area contributed by atoms with Gasteiger partial charge in [0, 0.05) is 0 Å². The van der Waals surface area contributed by atoms with Gasteiger partial charge in [0.25, 0.3) is 0 Å². The van der Waals surface area contributed by atoms with E-state index >= 15 is 0 Å². The lowest BCUT2D eigenvalue weighted by molar-refractivity contribution is -0.915. The number of hydrogen-bond acceptors (Lipinski definition) is 1. The van der Waals surface area contributed by atoms with E-state index in [1.165, 1.54) is 83.5 Å². The largest absolute Gasteiger partial charge is 0.326 e. The molecule has 1 atom stereocenters. The van der Waals surface area contributed by atoms with Gasteiger partial charge >= 0.3 is 0 Å². The molecule has 0 aliphatic carbocycles. The fourth-order valence-electron chi connectivity index (χ4n) is 3.66. The number of rotatable bonds is 17. The normalized spacial score (nSPS) is 13.2. The minimum Gasteiger partial charge on any atom is -0.326 e. The molecule has 0 saturated carbocycles. The Morgan fingerprint density at radius 1 is 0.783 bits per heavy atom. The first-order valence-electron chi connectivity index (χ1n) is 10.3. The summed E-state index contributed by atoms with van der Waals surface area (Å²) in [7, 11) is 4.58. The average molecular weight is 327 g/mol. The minimum atomic E-state index is 0.696. The molecule has 0 fully saturated rings. The molecule has 0 bridgehead atoms. The molecule has 0 heterocycles. The van der Waals surface area contributed by atoms with Crippen LogP contribution in [-0.4, -0.2) is 37.5 Å². The Morgan fingerprint density at radius 3 is 1.70 bits per heavy atom. The Morgan fingerprint density at radius 2 is 1.26 bits per heavy atom. The van der Waals surface area contributed by atoms with Gasteiger partial charge in [0.1, 0.15) is 6.29 Å². The van der Waals surface area contributed by atoms with E-state index in [1.807, 2.05) is 0 Å². The fraction of sp³-hybridized carbons (Fsp3) is 0.952. The molecule has 0 aliphatic heterocycles. The number of quaternary nitrogens is 1. The molecule has 0 radical (unpaired) electrons. The van der Waals surface area contributed by atoms with E-state index in [1.54, 1.807) is 0 Å². The summed E-state index contributed by atoms with van der Waals surface area (Å²) in [5, 5.41) is 0. The molecule has 0 amide bonds. The van der Waals surface area contributed by atoms with E-state index in [2.05, 4.69) is 27.9 Å². The van der Waals surface area contributed by atoms with Crippen LogP contribution in [0.5, 0.6) is 0 Å². The molecule has 0 aromatic carbocycles. The van der Waals surface area contributed by atoms with Gasteiger partial charge in [0.15, 0.2) is 0 Å². The van der Waals surface area contributed by atoms with Crippen LogP contribution in [-0.2, 0) is 4.79 Å². The van der Waals surface area contributed by atoms with E-state index in [0.29, 0.717) is 12.5 Å². The molecular formula is C21H44NO+. The Hall–Kier alpha value is -0.370. The average Bonchev–Trinajstić information content (AvgIpc) is 2.54. The van der Waals surface area contributed by atoms with Crippen LogP contribution in [0.1, 0.15) is 104 Å². The molecular weight excluding hydrogens is 282 g/mol. The van der Waals surface area contributed by atoms with E-state index in [-0.39, 0.29) is 0 Å². The van der Waals surface area contributed by atoms with Gasteiger partial charge < -0.3 is 9.28 Å². The molecule has 2 nitrogen and oxygen atoms in total. The van der Waals surface area contributed by atoms with Crippen LogP contribution in [0.25, 0.3) is 0 Å². The summed E-state index contributed by atoms with van der Waals surface area (Å²) in [6, 6.07) is 0.716. The molecule has 0 aliphatic rings. The molecule has 0 N–H and O–H groups in total. The topological polar surface area (TPSA) is 17.1 Å². The van der Waals surface area contributed by atoms with Crippen molar-refractivity contribution in [3.63, 3.8) is 0 Å². The third kappa shape index (κ3) is 12.7.